The second kappa shape index (κ2) is 2.16. The maximum Gasteiger partial charge on any atom is 0.251 e. The molecule has 2 aliphatic rings. The molecule has 0 amide bonds. The maximum atomic E-state index is 13.0. The summed E-state index contributed by atoms with van der Waals surface area (Å²) in [6.07, 6.45) is 1.13. The second-order valence-electron chi connectivity index (χ2n) is 3.71. The zero-order chi connectivity index (χ0) is 8.06. The third-order valence-corrected chi connectivity index (χ3v) is 3.14. The summed E-state index contributed by atoms with van der Waals surface area (Å²) in [4.78, 5) is 0. The normalized spacial score (nSPS) is 47.7. The van der Waals surface area contributed by atoms with Crippen LogP contribution in [0.4, 0.5) is 8.78 Å². The molecule has 0 aromatic rings. The van der Waals surface area contributed by atoms with E-state index in [1.165, 1.54) is 0 Å². The smallest absolute Gasteiger partial charge is 0.251 e. The number of halogens is 2. The van der Waals surface area contributed by atoms with Gasteiger partial charge in [0.05, 0.1) is 6.10 Å². The molecule has 11 heavy (non-hydrogen) atoms. The Labute approximate surface area is 64.4 Å². The van der Waals surface area contributed by atoms with Crippen molar-refractivity contribution in [3.8, 4) is 0 Å². The van der Waals surface area contributed by atoms with E-state index in [-0.39, 0.29) is 12.3 Å². The van der Waals surface area contributed by atoms with Gasteiger partial charge in [-0.2, -0.15) is 0 Å². The van der Waals surface area contributed by atoms with Crippen LogP contribution in [-0.4, -0.2) is 17.1 Å². The topological polar surface area (TPSA) is 20.2 Å². The Balaban J connectivity index is 2.17. The van der Waals surface area contributed by atoms with E-state index in [0.717, 1.165) is 0 Å². The van der Waals surface area contributed by atoms with Crippen molar-refractivity contribution in [2.45, 2.75) is 37.7 Å². The minimum atomic E-state index is -2.48. The third-order valence-electron chi connectivity index (χ3n) is 3.14. The molecule has 0 aromatic carbocycles. The standard InChI is InChI=1S/C8H12F2O/c9-8(10)4-3-5-6(8)1-2-7(5)11/h5-7,11H,1-4H2/t5-,6-,7+/m1/s1. The first kappa shape index (κ1) is 7.47. The van der Waals surface area contributed by atoms with Gasteiger partial charge in [0.15, 0.2) is 0 Å². The van der Waals surface area contributed by atoms with Gasteiger partial charge in [0, 0.05) is 12.3 Å². The van der Waals surface area contributed by atoms with Gasteiger partial charge in [-0.3, -0.25) is 0 Å². The van der Waals surface area contributed by atoms with Crippen molar-refractivity contribution in [3.63, 3.8) is 0 Å². The van der Waals surface area contributed by atoms with Crippen LogP contribution in [0.25, 0.3) is 0 Å². The number of hydrogen-bond donors (Lipinski definition) is 1. The van der Waals surface area contributed by atoms with Gasteiger partial charge in [-0.15, -0.1) is 0 Å². The molecule has 2 aliphatic carbocycles. The number of rotatable bonds is 0. The Kier molecular flexibility index (Phi) is 1.46. The van der Waals surface area contributed by atoms with Crippen LogP contribution in [-0.2, 0) is 0 Å². The fraction of sp³-hybridized carbons (Fsp3) is 1.00. The van der Waals surface area contributed by atoms with Crippen molar-refractivity contribution in [3.05, 3.63) is 0 Å². The molecule has 2 fully saturated rings. The van der Waals surface area contributed by atoms with Gasteiger partial charge in [0.1, 0.15) is 0 Å². The van der Waals surface area contributed by atoms with E-state index in [1.54, 1.807) is 0 Å². The highest BCUT2D eigenvalue weighted by molar-refractivity contribution is 4.98. The number of aliphatic hydroxyl groups excluding tert-OH is 1. The summed E-state index contributed by atoms with van der Waals surface area (Å²) >= 11 is 0. The minimum absolute atomic E-state index is 0.0145. The van der Waals surface area contributed by atoms with Crippen molar-refractivity contribution in [1.29, 1.82) is 0 Å². The molecule has 0 radical (unpaired) electrons. The molecule has 64 valence electrons. The predicted octanol–water partition coefficient (Wildman–Crippen LogP) is 1.80. The molecule has 0 spiro atoms. The van der Waals surface area contributed by atoms with E-state index in [4.69, 9.17) is 0 Å². The lowest BCUT2D eigenvalue weighted by molar-refractivity contribution is -0.0437. The van der Waals surface area contributed by atoms with Crippen molar-refractivity contribution in [1.82, 2.24) is 0 Å². The first-order valence-electron chi connectivity index (χ1n) is 4.17. The highest BCUT2D eigenvalue weighted by atomic mass is 19.3. The van der Waals surface area contributed by atoms with E-state index < -0.39 is 17.9 Å². The van der Waals surface area contributed by atoms with Gasteiger partial charge < -0.3 is 5.11 Å². The average Bonchev–Trinajstić information content (AvgIpc) is 2.39. The van der Waals surface area contributed by atoms with Crippen LogP contribution >= 0.6 is 0 Å². The fourth-order valence-electron chi connectivity index (χ4n) is 2.51. The summed E-state index contributed by atoms with van der Waals surface area (Å²) < 4.78 is 25.9. The monoisotopic (exact) mass is 162 g/mol. The number of alkyl halides is 2. The van der Waals surface area contributed by atoms with E-state index in [0.29, 0.717) is 19.3 Å². The molecule has 0 bridgehead atoms. The average molecular weight is 162 g/mol. The molecular formula is C8H12F2O. The lowest BCUT2D eigenvalue weighted by atomic mass is 9.98. The van der Waals surface area contributed by atoms with Gasteiger partial charge in [-0.25, -0.2) is 8.78 Å². The van der Waals surface area contributed by atoms with Crippen LogP contribution < -0.4 is 0 Å². The van der Waals surface area contributed by atoms with Gasteiger partial charge in [0.25, 0.3) is 5.92 Å². The third kappa shape index (κ3) is 0.975. The summed E-state index contributed by atoms with van der Waals surface area (Å²) in [5, 5.41) is 9.30. The Hall–Kier alpha value is -0.180. The maximum absolute atomic E-state index is 13.0. The number of fused-ring (bicyclic) bond motifs is 1. The SMILES string of the molecule is O[C@H]1CC[C@@H]2[C@H]1CCC2(F)F. The fourth-order valence-corrected chi connectivity index (χ4v) is 2.51. The molecule has 0 unspecified atom stereocenters. The summed E-state index contributed by atoms with van der Waals surface area (Å²) in [5.41, 5.74) is 0. The molecule has 0 heterocycles. The van der Waals surface area contributed by atoms with Gasteiger partial charge in [0.2, 0.25) is 0 Å². The van der Waals surface area contributed by atoms with Gasteiger partial charge >= 0.3 is 0 Å². The van der Waals surface area contributed by atoms with Gasteiger partial charge in [-0.05, 0) is 25.2 Å². The first-order valence-corrected chi connectivity index (χ1v) is 4.17. The Bertz CT molecular complexity index is 169. The quantitative estimate of drug-likeness (QED) is 0.576. The van der Waals surface area contributed by atoms with E-state index in [1.807, 2.05) is 0 Å². The van der Waals surface area contributed by atoms with Crippen LogP contribution in [0, 0.1) is 11.8 Å². The van der Waals surface area contributed by atoms with Crippen LogP contribution in [0.2, 0.25) is 0 Å². The molecule has 3 heteroatoms. The Morgan fingerprint density at radius 1 is 1.18 bits per heavy atom. The molecule has 0 aromatic heterocycles. The highest BCUT2D eigenvalue weighted by Crippen LogP contribution is 2.52. The molecule has 1 N–H and O–H groups in total. The summed E-state index contributed by atoms with van der Waals surface area (Å²) in [5.74, 6) is -3.11. The zero-order valence-electron chi connectivity index (χ0n) is 6.26. The first-order chi connectivity index (χ1) is 5.11. The van der Waals surface area contributed by atoms with Crippen LogP contribution in [0.1, 0.15) is 25.7 Å². The number of aliphatic hydroxyl groups is 1. The van der Waals surface area contributed by atoms with Crippen LogP contribution in [0.5, 0.6) is 0 Å². The van der Waals surface area contributed by atoms with Crippen LogP contribution in [0.15, 0.2) is 0 Å². The summed E-state index contributed by atoms with van der Waals surface area (Å²) in [6.45, 7) is 0. The molecule has 3 atom stereocenters. The number of hydrogen-bond acceptors (Lipinski definition) is 1. The van der Waals surface area contributed by atoms with Crippen molar-refractivity contribution < 1.29 is 13.9 Å². The van der Waals surface area contributed by atoms with Crippen molar-refractivity contribution >= 4 is 0 Å². The molecule has 2 rings (SSSR count). The van der Waals surface area contributed by atoms with Gasteiger partial charge in [-0.1, -0.05) is 0 Å². The molecular weight excluding hydrogens is 150 g/mol. The van der Waals surface area contributed by atoms with E-state index in [9.17, 15) is 13.9 Å². The Morgan fingerprint density at radius 3 is 2.55 bits per heavy atom. The molecule has 0 saturated heterocycles. The Morgan fingerprint density at radius 2 is 1.91 bits per heavy atom. The van der Waals surface area contributed by atoms with E-state index in [2.05, 4.69) is 0 Å². The highest BCUT2D eigenvalue weighted by Gasteiger charge is 2.54. The second-order valence-corrected chi connectivity index (χ2v) is 3.71. The minimum Gasteiger partial charge on any atom is -0.393 e. The molecule has 1 nitrogen and oxygen atoms in total. The van der Waals surface area contributed by atoms with E-state index >= 15 is 0 Å². The molecule has 2 saturated carbocycles. The summed E-state index contributed by atoms with van der Waals surface area (Å²) in [6, 6.07) is 0. The largest absolute Gasteiger partial charge is 0.393 e. The van der Waals surface area contributed by atoms with Crippen LogP contribution in [0.3, 0.4) is 0 Å². The lowest BCUT2D eigenvalue weighted by Gasteiger charge is -2.17. The predicted molar refractivity (Wildman–Crippen MR) is 36.4 cm³/mol. The zero-order valence-corrected chi connectivity index (χ0v) is 6.26. The van der Waals surface area contributed by atoms with Crippen molar-refractivity contribution in [2.24, 2.45) is 11.8 Å². The summed E-state index contributed by atoms with van der Waals surface area (Å²) in [7, 11) is 0. The lowest BCUT2D eigenvalue weighted by Crippen LogP contribution is -2.24. The van der Waals surface area contributed by atoms with Crippen molar-refractivity contribution in [2.75, 3.05) is 0 Å². The molecule has 0 aliphatic heterocycles.